The average Bonchev–Trinajstić information content (AvgIpc) is 3.06. The standard InChI is InChI=1S/C23H33N3OS/c1-15(26-9-8-19-20(12-26)25-14-24-19)13-28-16-10-17(22(2,3)4)21(27)18(11-16)23(5,6)7/h8-11,14-15,27H,12-13H2,1-7H3,(H,24,25). The number of hydrogen-bond acceptors (Lipinski definition) is 4. The predicted molar refractivity (Wildman–Crippen MR) is 119 cm³/mol. The Morgan fingerprint density at radius 3 is 2.32 bits per heavy atom. The van der Waals surface area contributed by atoms with Crippen LogP contribution in [0.4, 0.5) is 0 Å². The molecule has 3 rings (SSSR count). The highest BCUT2D eigenvalue weighted by Gasteiger charge is 2.27. The molecule has 28 heavy (non-hydrogen) atoms. The molecule has 0 aliphatic carbocycles. The summed E-state index contributed by atoms with van der Waals surface area (Å²) in [6.07, 6.45) is 5.98. The molecule has 1 aromatic heterocycles. The van der Waals surface area contributed by atoms with E-state index in [1.54, 1.807) is 6.33 Å². The van der Waals surface area contributed by atoms with Crippen molar-refractivity contribution >= 4 is 17.8 Å². The van der Waals surface area contributed by atoms with Crippen LogP contribution in [0.1, 0.15) is 71.0 Å². The number of H-pyrrole nitrogens is 1. The maximum Gasteiger partial charge on any atom is 0.123 e. The van der Waals surface area contributed by atoms with Gasteiger partial charge in [0.15, 0.2) is 0 Å². The van der Waals surface area contributed by atoms with E-state index in [4.69, 9.17) is 0 Å². The van der Waals surface area contributed by atoms with E-state index >= 15 is 0 Å². The van der Waals surface area contributed by atoms with E-state index in [1.165, 1.54) is 10.6 Å². The van der Waals surface area contributed by atoms with Crippen LogP contribution < -0.4 is 0 Å². The number of imidazole rings is 1. The largest absolute Gasteiger partial charge is 0.507 e. The van der Waals surface area contributed by atoms with Crippen molar-refractivity contribution in [1.82, 2.24) is 14.9 Å². The molecule has 2 heterocycles. The first-order valence-corrected chi connectivity index (χ1v) is 10.9. The summed E-state index contributed by atoms with van der Waals surface area (Å²) in [7, 11) is 0. The third kappa shape index (κ3) is 4.40. The van der Waals surface area contributed by atoms with Crippen molar-refractivity contribution in [3.63, 3.8) is 0 Å². The van der Waals surface area contributed by atoms with Crippen LogP contribution in [0, 0.1) is 0 Å². The summed E-state index contributed by atoms with van der Waals surface area (Å²) in [6, 6.07) is 4.73. The molecule has 1 aromatic carbocycles. The number of nitrogens with zero attached hydrogens (tertiary/aromatic N) is 2. The SMILES string of the molecule is CC(CSc1cc(C(C)(C)C)c(O)c(C(C)(C)C)c1)N1C=Cc2nc[nH]c2C1. The highest BCUT2D eigenvalue weighted by atomic mass is 32.2. The van der Waals surface area contributed by atoms with E-state index in [0.717, 1.165) is 29.1 Å². The Kier molecular flexibility index (Phi) is 5.59. The summed E-state index contributed by atoms with van der Waals surface area (Å²) in [5, 5.41) is 10.9. The lowest BCUT2D eigenvalue weighted by Crippen LogP contribution is -2.31. The van der Waals surface area contributed by atoms with E-state index in [2.05, 4.69) is 87.7 Å². The van der Waals surface area contributed by atoms with Gasteiger partial charge in [-0.05, 0) is 36.0 Å². The van der Waals surface area contributed by atoms with Crippen molar-refractivity contribution in [2.75, 3.05) is 5.75 Å². The Morgan fingerprint density at radius 2 is 1.75 bits per heavy atom. The maximum atomic E-state index is 10.9. The minimum Gasteiger partial charge on any atom is -0.507 e. The summed E-state index contributed by atoms with van der Waals surface area (Å²) in [5.41, 5.74) is 4.07. The van der Waals surface area contributed by atoms with Gasteiger partial charge in [-0.3, -0.25) is 0 Å². The van der Waals surface area contributed by atoms with Gasteiger partial charge >= 0.3 is 0 Å². The van der Waals surface area contributed by atoms with Crippen LogP contribution in [0.3, 0.4) is 0 Å². The molecule has 2 aromatic rings. The van der Waals surface area contributed by atoms with Gasteiger partial charge in [-0.1, -0.05) is 41.5 Å². The number of thioether (sulfide) groups is 1. The van der Waals surface area contributed by atoms with Crippen molar-refractivity contribution < 1.29 is 5.11 Å². The van der Waals surface area contributed by atoms with E-state index in [1.807, 2.05) is 11.8 Å². The predicted octanol–water partition coefficient (Wildman–Crippen LogP) is 5.68. The highest BCUT2D eigenvalue weighted by Crippen LogP contribution is 2.42. The quantitative estimate of drug-likeness (QED) is 0.650. The fourth-order valence-corrected chi connectivity index (χ4v) is 4.48. The third-order valence-corrected chi connectivity index (χ3v) is 6.49. The van der Waals surface area contributed by atoms with Gasteiger partial charge in [-0.2, -0.15) is 0 Å². The minimum atomic E-state index is -0.0983. The molecule has 0 amide bonds. The first-order valence-electron chi connectivity index (χ1n) is 9.94. The first kappa shape index (κ1) is 20.8. The number of rotatable bonds is 4. The molecular formula is C23H33N3OS. The Labute approximate surface area is 173 Å². The molecule has 0 saturated carbocycles. The van der Waals surface area contributed by atoms with Gasteiger partial charge in [0, 0.05) is 34.0 Å². The van der Waals surface area contributed by atoms with E-state index < -0.39 is 0 Å². The molecule has 1 aliphatic heterocycles. The summed E-state index contributed by atoms with van der Waals surface area (Å²) >= 11 is 1.86. The normalized spacial score (nSPS) is 15.6. The lowest BCUT2D eigenvalue weighted by molar-refractivity contribution is 0.302. The third-order valence-electron chi connectivity index (χ3n) is 5.27. The number of fused-ring (bicyclic) bond motifs is 1. The molecule has 0 fully saturated rings. The monoisotopic (exact) mass is 399 g/mol. The summed E-state index contributed by atoms with van der Waals surface area (Å²) < 4.78 is 0. The lowest BCUT2D eigenvalue weighted by atomic mass is 9.79. The molecule has 1 unspecified atom stereocenters. The molecule has 0 spiro atoms. The number of phenols is 1. The van der Waals surface area contributed by atoms with Gasteiger partial charge in [0.25, 0.3) is 0 Å². The van der Waals surface area contributed by atoms with Crippen LogP contribution in [0.2, 0.25) is 0 Å². The van der Waals surface area contributed by atoms with Crippen LogP contribution in [0.25, 0.3) is 6.08 Å². The lowest BCUT2D eigenvalue weighted by Gasteiger charge is -2.30. The fourth-order valence-electron chi connectivity index (χ4n) is 3.45. The second-order valence-corrected chi connectivity index (χ2v) is 10.9. The molecule has 152 valence electrons. The summed E-state index contributed by atoms with van der Waals surface area (Å²) in [4.78, 5) is 11.1. The number of nitrogens with one attached hydrogen (secondary N) is 1. The molecule has 0 bridgehead atoms. The zero-order valence-electron chi connectivity index (χ0n) is 18.1. The Bertz CT molecular complexity index is 836. The van der Waals surface area contributed by atoms with Gasteiger partial charge in [0.05, 0.1) is 24.3 Å². The zero-order chi connectivity index (χ0) is 20.7. The van der Waals surface area contributed by atoms with Crippen molar-refractivity contribution in [3.05, 3.63) is 47.2 Å². The topological polar surface area (TPSA) is 52.1 Å². The molecule has 1 aliphatic rings. The summed E-state index contributed by atoms with van der Waals surface area (Å²) in [6.45, 7) is 16.1. The Morgan fingerprint density at radius 1 is 1.14 bits per heavy atom. The Hall–Kier alpha value is -1.88. The van der Waals surface area contributed by atoms with Crippen LogP contribution >= 0.6 is 11.8 Å². The van der Waals surface area contributed by atoms with Crippen molar-refractivity contribution in [3.8, 4) is 5.75 Å². The smallest absolute Gasteiger partial charge is 0.123 e. The van der Waals surface area contributed by atoms with Gasteiger partial charge in [0.1, 0.15) is 5.75 Å². The van der Waals surface area contributed by atoms with Gasteiger partial charge in [-0.25, -0.2) is 4.98 Å². The average molecular weight is 400 g/mol. The minimum absolute atomic E-state index is 0.0983. The molecule has 0 saturated heterocycles. The second kappa shape index (κ2) is 7.51. The summed E-state index contributed by atoms with van der Waals surface area (Å²) in [5.74, 6) is 1.43. The van der Waals surface area contributed by atoms with Crippen LogP contribution in [0.5, 0.6) is 5.75 Å². The number of aromatic hydroxyl groups is 1. The number of benzene rings is 1. The van der Waals surface area contributed by atoms with Gasteiger partial charge in [0.2, 0.25) is 0 Å². The Balaban J connectivity index is 1.78. The number of phenolic OH excluding ortho intramolecular Hbond substituents is 1. The van der Waals surface area contributed by atoms with Gasteiger partial charge < -0.3 is 15.0 Å². The van der Waals surface area contributed by atoms with Crippen molar-refractivity contribution in [2.24, 2.45) is 0 Å². The van der Waals surface area contributed by atoms with E-state index in [9.17, 15) is 5.11 Å². The molecule has 2 N–H and O–H groups in total. The van der Waals surface area contributed by atoms with Crippen LogP contribution in [-0.2, 0) is 17.4 Å². The van der Waals surface area contributed by atoms with E-state index in [0.29, 0.717) is 11.8 Å². The van der Waals surface area contributed by atoms with Crippen molar-refractivity contribution in [1.29, 1.82) is 0 Å². The molecule has 0 radical (unpaired) electrons. The fraction of sp³-hybridized carbons (Fsp3) is 0.522. The van der Waals surface area contributed by atoms with Crippen molar-refractivity contribution in [2.45, 2.75) is 76.8 Å². The molecule has 4 nitrogen and oxygen atoms in total. The first-order chi connectivity index (χ1) is 13.0. The zero-order valence-corrected chi connectivity index (χ0v) is 18.9. The number of aromatic nitrogens is 2. The van der Waals surface area contributed by atoms with Crippen LogP contribution in [0.15, 0.2) is 29.6 Å². The molecular weight excluding hydrogens is 366 g/mol. The molecule has 5 heteroatoms. The molecule has 1 atom stereocenters. The van der Waals surface area contributed by atoms with E-state index in [-0.39, 0.29) is 10.8 Å². The van der Waals surface area contributed by atoms with Crippen LogP contribution in [-0.4, -0.2) is 31.8 Å². The maximum absolute atomic E-state index is 10.9. The highest BCUT2D eigenvalue weighted by molar-refractivity contribution is 7.99. The number of aromatic amines is 1. The second-order valence-electron chi connectivity index (χ2n) is 9.78. The van der Waals surface area contributed by atoms with Gasteiger partial charge in [-0.15, -0.1) is 11.8 Å². The number of hydrogen-bond donors (Lipinski definition) is 2.